The molecule has 0 spiro atoms. The average molecular weight is 498 g/mol. The van der Waals surface area contributed by atoms with E-state index in [4.69, 9.17) is 0 Å². The average Bonchev–Trinajstić information content (AvgIpc) is 3.33. The lowest BCUT2D eigenvalue weighted by atomic mass is 9.84. The zero-order chi connectivity index (χ0) is 25.8. The van der Waals surface area contributed by atoms with Gasteiger partial charge in [-0.15, -0.1) is 0 Å². The quantitative estimate of drug-likeness (QED) is 0.487. The molecule has 4 rings (SSSR count). The molecule has 35 heavy (non-hydrogen) atoms. The van der Waals surface area contributed by atoms with Crippen molar-refractivity contribution in [2.45, 2.75) is 52.0 Å². The van der Waals surface area contributed by atoms with E-state index in [-0.39, 0.29) is 17.0 Å². The van der Waals surface area contributed by atoms with Crippen LogP contribution < -0.4 is 9.62 Å². The molecular formula is C26H31N3O5S. The smallest absolute Gasteiger partial charge is 0.319 e. The highest BCUT2D eigenvalue weighted by molar-refractivity contribution is 7.92. The highest BCUT2D eigenvalue weighted by Gasteiger charge is 2.49. The molecule has 1 atom stereocenters. The number of urea groups is 1. The van der Waals surface area contributed by atoms with Crippen molar-refractivity contribution in [1.82, 2.24) is 10.2 Å². The van der Waals surface area contributed by atoms with Crippen molar-refractivity contribution in [2.24, 2.45) is 0 Å². The maximum absolute atomic E-state index is 13.3. The van der Waals surface area contributed by atoms with Gasteiger partial charge in [0.2, 0.25) is 10.0 Å². The number of imide groups is 1. The van der Waals surface area contributed by atoms with Gasteiger partial charge in [-0.25, -0.2) is 13.2 Å². The lowest BCUT2D eigenvalue weighted by Gasteiger charge is -2.24. The normalized spacial score (nSPS) is 20.3. The summed E-state index contributed by atoms with van der Waals surface area (Å²) in [6.07, 6.45) is 0.501. The van der Waals surface area contributed by atoms with Gasteiger partial charge in [0.15, 0.2) is 5.78 Å². The van der Waals surface area contributed by atoms with Crippen LogP contribution in [0.2, 0.25) is 0 Å². The van der Waals surface area contributed by atoms with E-state index in [0.29, 0.717) is 29.8 Å². The summed E-state index contributed by atoms with van der Waals surface area (Å²) >= 11 is 0. The summed E-state index contributed by atoms with van der Waals surface area (Å²) in [6.45, 7) is 9.47. The number of nitrogens with one attached hydrogen (secondary N) is 1. The van der Waals surface area contributed by atoms with Crippen molar-refractivity contribution in [1.29, 1.82) is 0 Å². The Labute approximate surface area is 206 Å². The zero-order valence-corrected chi connectivity index (χ0v) is 21.5. The van der Waals surface area contributed by atoms with Crippen molar-refractivity contribution in [3.63, 3.8) is 0 Å². The first-order valence-electron chi connectivity index (χ1n) is 11.7. The van der Waals surface area contributed by atoms with Crippen LogP contribution in [0.5, 0.6) is 0 Å². The van der Waals surface area contributed by atoms with Gasteiger partial charge < -0.3 is 5.32 Å². The van der Waals surface area contributed by atoms with Crippen LogP contribution in [0.4, 0.5) is 10.5 Å². The van der Waals surface area contributed by atoms with Crippen LogP contribution in [0.15, 0.2) is 42.5 Å². The second kappa shape index (κ2) is 8.48. The molecule has 1 unspecified atom stereocenters. The summed E-state index contributed by atoms with van der Waals surface area (Å²) in [6, 6.07) is 11.8. The molecule has 2 heterocycles. The van der Waals surface area contributed by atoms with Crippen molar-refractivity contribution >= 4 is 33.4 Å². The first-order chi connectivity index (χ1) is 16.3. The number of Topliss-reactive ketones (excluding diaryl/α,β-unsaturated/α-hetero) is 1. The molecule has 1 saturated heterocycles. The minimum absolute atomic E-state index is 0.00297. The van der Waals surface area contributed by atoms with Gasteiger partial charge in [0, 0.05) is 12.1 Å². The molecule has 2 aliphatic rings. The van der Waals surface area contributed by atoms with Crippen LogP contribution in [-0.4, -0.2) is 49.9 Å². The summed E-state index contributed by atoms with van der Waals surface area (Å²) in [7, 11) is -3.39. The zero-order valence-electron chi connectivity index (χ0n) is 20.7. The predicted molar refractivity (Wildman–Crippen MR) is 134 cm³/mol. The summed E-state index contributed by atoms with van der Waals surface area (Å²) in [5.74, 6) is -0.877. The maximum Gasteiger partial charge on any atom is 0.325 e. The Hall–Kier alpha value is -3.20. The minimum Gasteiger partial charge on any atom is -0.319 e. The topological polar surface area (TPSA) is 104 Å². The van der Waals surface area contributed by atoms with Crippen molar-refractivity contribution in [3.8, 4) is 0 Å². The number of carbonyl (C=O) groups is 3. The third kappa shape index (κ3) is 4.33. The summed E-state index contributed by atoms with van der Waals surface area (Å²) < 4.78 is 26.0. The van der Waals surface area contributed by atoms with Crippen molar-refractivity contribution in [2.75, 3.05) is 23.1 Å². The Balaban J connectivity index is 1.53. The predicted octanol–water partition coefficient (Wildman–Crippen LogP) is 3.35. The molecule has 8 nitrogen and oxygen atoms in total. The van der Waals surface area contributed by atoms with Gasteiger partial charge >= 0.3 is 6.03 Å². The fourth-order valence-corrected chi connectivity index (χ4v) is 5.72. The molecule has 1 N–H and O–H groups in total. The SMILES string of the molecule is CCS(=O)(=O)N1CCc2cc(C(=O)CN3C(=O)NC(C)(c4ccc(C(C)(C)C)cc4)C3=O)ccc21. The Morgan fingerprint density at radius 3 is 2.34 bits per heavy atom. The Bertz CT molecular complexity index is 1310. The second-order valence-corrected chi connectivity index (χ2v) is 12.4. The number of amides is 3. The Kier molecular flexibility index (Phi) is 6.03. The van der Waals surface area contributed by atoms with Crippen molar-refractivity contribution < 1.29 is 22.8 Å². The monoisotopic (exact) mass is 497 g/mol. The number of ketones is 1. The molecule has 0 aromatic heterocycles. The third-order valence-electron chi connectivity index (χ3n) is 6.86. The largest absolute Gasteiger partial charge is 0.325 e. The number of hydrogen-bond donors (Lipinski definition) is 1. The maximum atomic E-state index is 13.3. The van der Waals surface area contributed by atoms with Crippen LogP contribution in [-0.2, 0) is 32.2 Å². The molecule has 2 aromatic carbocycles. The van der Waals surface area contributed by atoms with E-state index < -0.39 is 34.0 Å². The number of nitrogens with zero attached hydrogens (tertiary/aromatic N) is 2. The van der Waals surface area contributed by atoms with Gasteiger partial charge in [-0.05, 0) is 60.6 Å². The molecule has 9 heteroatoms. The van der Waals surface area contributed by atoms with E-state index in [9.17, 15) is 22.8 Å². The lowest BCUT2D eigenvalue weighted by molar-refractivity contribution is -0.130. The van der Waals surface area contributed by atoms with Gasteiger partial charge in [-0.2, -0.15) is 0 Å². The van der Waals surface area contributed by atoms with E-state index in [0.717, 1.165) is 16.0 Å². The van der Waals surface area contributed by atoms with E-state index in [1.165, 1.54) is 4.31 Å². The summed E-state index contributed by atoms with van der Waals surface area (Å²) in [5, 5.41) is 2.74. The Morgan fingerprint density at radius 1 is 1.09 bits per heavy atom. The fraction of sp³-hybridized carbons (Fsp3) is 0.423. The van der Waals surface area contributed by atoms with E-state index in [1.54, 1.807) is 32.0 Å². The Morgan fingerprint density at radius 2 is 1.74 bits per heavy atom. The van der Waals surface area contributed by atoms with Gasteiger partial charge in [-0.1, -0.05) is 45.0 Å². The molecule has 3 amide bonds. The van der Waals surface area contributed by atoms with Crippen molar-refractivity contribution in [3.05, 3.63) is 64.7 Å². The van der Waals surface area contributed by atoms with Gasteiger partial charge in [0.1, 0.15) is 5.54 Å². The highest BCUT2D eigenvalue weighted by atomic mass is 32.2. The van der Waals surface area contributed by atoms with Crippen LogP contribution in [0.3, 0.4) is 0 Å². The van der Waals surface area contributed by atoms with E-state index in [1.807, 2.05) is 24.3 Å². The van der Waals surface area contributed by atoms with Gasteiger partial charge in [0.05, 0.1) is 18.0 Å². The van der Waals surface area contributed by atoms with Crippen LogP contribution >= 0.6 is 0 Å². The van der Waals surface area contributed by atoms with Crippen LogP contribution in [0.1, 0.15) is 61.7 Å². The number of sulfonamides is 1. The molecule has 186 valence electrons. The standard InChI is InChI=1S/C26H31N3O5S/c1-6-35(33,34)29-14-13-17-15-18(7-12-21(17)29)22(30)16-28-23(31)26(5,27-24(28)32)20-10-8-19(9-11-20)25(2,3)4/h7-12,15H,6,13-14,16H2,1-5H3,(H,27,32). The number of rotatable bonds is 6. The molecule has 2 aliphatic heterocycles. The fourth-order valence-electron chi connectivity index (χ4n) is 4.56. The first-order valence-corrected chi connectivity index (χ1v) is 13.3. The van der Waals surface area contributed by atoms with Crippen LogP contribution in [0, 0.1) is 0 Å². The molecular weight excluding hydrogens is 466 g/mol. The third-order valence-corrected chi connectivity index (χ3v) is 8.64. The molecule has 0 radical (unpaired) electrons. The molecule has 0 saturated carbocycles. The minimum atomic E-state index is -3.39. The summed E-state index contributed by atoms with van der Waals surface area (Å²) in [5.41, 5.74) is 2.11. The number of fused-ring (bicyclic) bond motifs is 1. The van der Waals surface area contributed by atoms with Gasteiger partial charge in [-0.3, -0.25) is 18.8 Å². The molecule has 0 bridgehead atoms. The molecule has 1 fully saturated rings. The molecule has 0 aliphatic carbocycles. The number of anilines is 1. The van der Waals surface area contributed by atoms with Crippen LogP contribution in [0.25, 0.3) is 0 Å². The first kappa shape index (κ1) is 24.9. The van der Waals surface area contributed by atoms with E-state index in [2.05, 4.69) is 26.1 Å². The summed E-state index contributed by atoms with van der Waals surface area (Å²) in [4.78, 5) is 40.0. The number of carbonyl (C=O) groups excluding carboxylic acids is 3. The molecule has 2 aromatic rings. The lowest BCUT2D eigenvalue weighted by Crippen LogP contribution is -2.41. The second-order valence-electron chi connectivity index (χ2n) is 10.3. The van der Waals surface area contributed by atoms with Gasteiger partial charge in [0.25, 0.3) is 5.91 Å². The number of benzene rings is 2. The number of hydrogen-bond acceptors (Lipinski definition) is 5. The van der Waals surface area contributed by atoms with E-state index >= 15 is 0 Å². The highest BCUT2D eigenvalue weighted by Crippen LogP contribution is 2.33.